The van der Waals surface area contributed by atoms with Crippen molar-refractivity contribution in [3.63, 3.8) is 0 Å². The molecule has 8 heteroatoms. The summed E-state index contributed by atoms with van der Waals surface area (Å²) in [5, 5.41) is 5.34. The van der Waals surface area contributed by atoms with Gasteiger partial charge in [-0.25, -0.2) is 4.98 Å². The number of carbonyl (C=O) groups is 1. The fraction of sp³-hybridized carbons (Fsp3) is 0.120. The molecule has 5 rings (SSSR count). The van der Waals surface area contributed by atoms with Gasteiger partial charge in [0.2, 0.25) is 5.43 Å². The first-order valence-electron chi connectivity index (χ1n) is 10.4. The Bertz CT molecular complexity index is 1510. The van der Waals surface area contributed by atoms with E-state index in [9.17, 15) is 9.59 Å². The molecule has 0 spiro atoms. The normalized spacial score (nSPS) is 11.1. The van der Waals surface area contributed by atoms with Crippen LogP contribution in [0.5, 0.6) is 5.75 Å². The third-order valence-corrected chi connectivity index (χ3v) is 6.39. The number of methoxy groups -OCH3 is 1. The van der Waals surface area contributed by atoms with Crippen molar-refractivity contribution in [3.05, 3.63) is 94.8 Å². The SMILES string of the molecule is COc1ccc2nc(N(Cc3ccccc3)C(=O)Cn3ncc(=O)c4ccccc43)sc2c1. The molecule has 0 radical (unpaired) electrons. The summed E-state index contributed by atoms with van der Waals surface area (Å²) in [6.07, 6.45) is 1.25. The highest BCUT2D eigenvalue weighted by Gasteiger charge is 2.22. The van der Waals surface area contributed by atoms with E-state index < -0.39 is 0 Å². The average molecular weight is 457 g/mol. The summed E-state index contributed by atoms with van der Waals surface area (Å²) in [5.74, 6) is 0.564. The monoisotopic (exact) mass is 456 g/mol. The maximum Gasteiger partial charge on any atom is 0.250 e. The Hall–Kier alpha value is -4.04. The van der Waals surface area contributed by atoms with Crippen molar-refractivity contribution >= 4 is 43.5 Å². The van der Waals surface area contributed by atoms with Crippen molar-refractivity contribution < 1.29 is 9.53 Å². The number of anilines is 1. The van der Waals surface area contributed by atoms with Crippen LogP contribution in [0, 0.1) is 0 Å². The van der Waals surface area contributed by atoms with Gasteiger partial charge in [0.05, 0.1) is 35.6 Å². The molecule has 0 N–H and O–H groups in total. The molecule has 164 valence electrons. The molecule has 33 heavy (non-hydrogen) atoms. The lowest BCUT2D eigenvalue weighted by Crippen LogP contribution is -2.34. The molecule has 0 unspecified atom stereocenters. The Balaban J connectivity index is 1.54. The Labute approximate surface area is 193 Å². The van der Waals surface area contributed by atoms with Crippen LogP contribution >= 0.6 is 11.3 Å². The Morgan fingerprint density at radius 3 is 2.67 bits per heavy atom. The summed E-state index contributed by atoms with van der Waals surface area (Å²) in [6.45, 7) is 0.349. The molecular weight excluding hydrogens is 436 g/mol. The maximum absolute atomic E-state index is 13.6. The van der Waals surface area contributed by atoms with Crippen LogP contribution < -0.4 is 15.1 Å². The van der Waals surface area contributed by atoms with E-state index in [1.54, 1.807) is 34.9 Å². The zero-order valence-corrected chi connectivity index (χ0v) is 18.7. The quantitative estimate of drug-likeness (QED) is 0.382. The summed E-state index contributed by atoms with van der Waals surface area (Å²) in [6, 6.07) is 22.6. The van der Waals surface area contributed by atoms with Crippen molar-refractivity contribution in [3.8, 4) is 5.75 Å². The summed E-state index contributed by atoms with van der Waals surface area (Å²) < 4.78 is 7.82. The van der Waals surface area contributed by atoms with E-state index in [1.165, 1.54) is 17.5 Å². The van der Waals surface area contributed by atoms with Crippen molar-refractivity contribution in [2.75, 3.05) is 12.0 Å². The molecule has 0 bridgehead atoms. The van der Waals surface area contributed by atoms with E-state index in [2.05, 4.69) is 5.10 Å². The first kappa shape index (κ1) is 20.8. The standard InChI is InChI=1S/C25H20N4O3S/c1-32-18-11-12-20-23(13-18)33-25(27-20)28(15-17-7-3-2-4-8-17)24(31)16-29-21-10-6-5-9-19(21)22(30)14-26-29/h2-14H,15-16H2,1H3. The first-order chi connectivity index (χ1) is 16.1. The topological polar surface area (TPSA) is 77.3 Å². The van der Waals surface area contributed by atoms with Crippen LogP contribution in [-0.2, 0) is 17.9 Å². The summed E-state index contributed by atoms with van der Waals surface area (Å²) in [4.78, 5) is 32.1. The third kappa shape index (κ3) is 4.20. The number of rotatable bonds is 6. The van der Waals surface area contributed by atoms with Crippen LogP contribution in [0.4, 0.5) is 5.13 Å². The van der Waals surface area contributed by atoms with Gasteiger partial charge < -0.3 is 4.74 Å². The van der Waals surface area contributed by atoms with Gasteiger partial charge >= 0.3 is 0 Å². The van der Waals surface area contributed by atoms with E-state index in [1.807, 2.05) is 54.6 Å². The van der Waals surface area contributed by atoms with E-state index in [-0.39, 0.29) is 17.9 Å². The van der Waals surface area contributed by atoms with Crippen LogP contribution in [0.15, 0.2) is 83.8 Å². The number of amides is 1. The number of aromatic nitrogens is 3. The molecule has 0 atom stereocenters. The molecule has 5 aromatic rings. The molecule has 3 aromatic carbocycles. The molecule has 0 saturated heterocycles. The average Bonchev–Trinajstić information content (AvgIpc) is 3.28. The number of ether oxygens (including phenoxy) is 1. The van der Waals surface area contributed by atoms with Crippen LogP contribution in [-0.4, -0.2) is 27.8 Å². The first-order valence-corrected chi connectivity index (χ1v) is 11.2. The molecule has 0 aliphatic carbocycles. The van der Waals surface area contributed by atoms with Gasteiger partial charge in [0.15, 0.2) is 5.13 Å². The summed E-state index contributed by atoms with van der Waals surface area (Å²) >= 11 is 1.43. The van der Waals surface area contributed by atoms with Gasteiger partial charge in [-0.15, -0.1) is 0 Å². The largest absolute Gasteiger partial charge is 0.497 e. The van der Waals surface area contributed by atoms with Gasteiger partial charge in [0.1, 0.15) is 12.3 Å². The van der Waals surface area contributed by atoms with Gasteiger partial charge in [0.25, 0.3) is 5.91 Å². The van der Waals surface area contributed by atoms with Gasteiger partial charge in [-0.2, -0.15) is 5.10 Å². The van der Waals surface area contributed by atoms with E-state index in [0.29, 0.717) is 22.6 Å². The summed E-state index contributed by atoms with van der Waals surface area (Å²) in [5.41, 5.74) is 2.23. The number of thiazole rings is 1. The molecule has 0 fully saturated rings. The highest BCUT2D eigenvalue weighted by molar-refractivity contribution is 7.22. The minimum absolute atomic E-state index is 0.0210. The number of fused-ring (bicyclic) bond motifs is 2. The van der Waals surface area contributed by atoms with Gasteiger partial charge in [0, 0.05) is 5.39 Å². The summed E-state index contributed by atoms with van der Waals surface area (Å²) in [7, 11) is 1.62. The zero-order chi connectivity index (χ0) is 22.8. The molecule has 2 heterocycles. The smallest absolute Gasteiger partial charge is 0.250 e. The second-order valence-electron chi connectivity index (χ2n) is 7.48. The third-order valence-electron chi connectivity index (χ3n) is 5.35. The number of carbonyl (C=O) groups excluding carboxylic acids is 1. The maximum atomic E-state index is 13.6. The van der Waals surface area contributed by atoms with Gasteiger partial charge in [-0.05, 0) is 35.9 Å². The van der Waals surface area contributed by atoms with E-state index in [4.69, 9.17) is 9.72 Å². The molecule has 2 aromatic heterocycles. The Morgan fingerprint density at radius 1 is 1.06 bits per heavy atom. The lowest BCUT2D eigenvalue weighted by atomic mass is 10.2. The highest BCUT2D eigenvalue weighted by atomic mass is 32.1. The van der Waals surface area contributed by atoms with Crippen LogP contribution in [0.3, 0.4) is 0 Å². The number of benzene rings is 3. The van der Waals surface area contributed by atoms with Crippen molar-refractivity contribution in [2.45, 2.75) is 13.1 Å². The number of hydrogen-bond donors (Lipinski definition) is 0. The van der Waals surface area contributed by atoms with Crippen LogP contribution in [0.1, 0.15) is 5.56 Å². The molecule has 0 aliphatic heterocycles. The number of nitrogens with zero attached hydrogens (tertiary/aromatic N) is 4. The molecule has 7 nitrogen and oxygen atoms in total. The predicted molar refractivity (Wildman–Crippen MR) is 130 cm³/mol. The predicted octanol–water partition coefficient (Wildman–Crippen LogP) is 4.25. The lowest BCUT2D eigenvalue weighted by molar-refractivity contribution is -0.119. The highest BCUT2D eigenvalue weighted by Crippen LogP contribution is 2.32. The minimum atomic E-state index is -0.175. The van der Waals surface area contributed by atoms with Gasteiger partial charge in [-0.1, -0.05) is 53.8 Å². The lowest BCUT2D eigenvalue weighted by Gasteiger charge is -2.21. The van der Waals surface area contributed by atoms with E-state index >= 15 is 0 Å². The minimum Gasteiger partial charge on any atom is -0.497 e. The van der Waals surface area contributed by atoms with Crippen molar-refractivity contribution in [2.24, 2.45) is 0 Å². The molecular formula is C25H20N4O3S. The van der Waals surface area contributed by atoms with Crippen LogP contribution in [0.25, 0.3) is 21.1 Å². The Morgan fingerprint density at radius 2 is 1.85 bits per heavy atom. The van der Waals surface area contributed by atoms with Crippen LogP contribution in [0.2, 0.25) is 0 Å². The number of hydrogen-bond acceptors (Lipinski definition) is 6. The fourth-order valence-corrected chi connectivity index (χ4v) is 4.67. The number of para-hydroxylation sites is 1. The second kappa shape index (κ2) is 8.84. The molecule has 0 aliphatic rings. The second-order valence-corrected chi connectivity index (χ2v) is 8.49. The van der Waals surface area contributed by atoms with E-state index in [0.717, 1.165) is 21.5 Å². The Kier molecular flexibility index (Phi) is 5.58. The zero-order valence-electron chi connectivity index (χ0n) is 17.8. The molecule has 1 amide bonds. The van der Waals surface area contributed by atoms with Crippen molar-refractivity contribution in [1.82, 2.24) is 14.8 Å². The fourth-order valence-electron chi connectivity index (χ4n) is 3.66. The van der Waals surface area contributed by atoms with Gasteiger partial charge in [-0.3, -0.25) is 19.2 Å². The molecule has 0 saturated carbocycles. The van der Waals surface area contributed by atoms with Crippen molar-refractivity contribution in [1.29, 1.82) is 0 Å².